The lowest BCUT2D eigenvalue weighted by Crippen LogP contribution is -2.46. The predicted molar refractivity (Wildman–Crippen MR) is 104 cm³/mol. The summed E-state index contributed by atoms with van der Waals surface area (Å²) >= 11 is 0. The van der Waals surface area contributed by atoms with Gasteiger partial charge < -0.3 is 0 Å². The van der Waals surface area contributed by atoms with E-state index in [0.29, 0.717) is 16.5 Å². The number of fused-ring (bicyclic) bond motifs is 5. The van der Waals surface area contributed by atoms with Crippen LogP contribution in [0.3, 0.4) is 0 Å². The number of imide groups is 2. The van der Waals surface area contributed by atoms with Crippen LogP contribution in [0.4, 0.5) is 0 Å². The van der Waals surface area contributed by atoms with Gasteiger partial charge in [-0.2, -0.15) is 0 Å². The minimum absolute atomic E-state index is 0.0159. The van der Waals surface area contributed by atoms with Crippen molar-refractivity contribution >= 4 is 34.4 Å². The Labute approximate surface area is 166 Å². The Morgan fingerprint density at radius 3 is 1.79 bits per heavy atom. The first-order valence-corrected chi connectivity index (χ1v) is 9.98. The fourth-order valence-electron chi connectivity index (χ4n) is 5.67. The van der Waals surface area contributed by atoms with Gasteiger partial charge in [0, 0.05) is 29.6 Å². The van der Waals surface area contributed by atoms with Gasteiger partial charge in [-0.25, -0.2) is 0 Å². The van der Waals surface area contributed by atoms with Gasteiger partial charge in [0.1, 0.15) is 0 Å². The lowest BCUT2D eigenvalue weighted by molar-refractivity contribution is -0.140. The lowest BCUT2D eigenvalue weighted by Gasteiger charge is -2.28. The Kier molecular flexibility index (Phi) is 3.23. The molecule has 2 aliphatic heterocycles. The maximum Gasteiger partial charge on any atom is 0.261 e. The van der Waals surface area contributed by atoms with Crippen molar-refractivity contribution < 1.29 is 19.2 Å². The van der Waals surface area contributed by atoms with Crippen LogP contribution in [0.25, 0.3) is 10.8 Å². The standard InChI is InChI=1S/C23H18N2O4/c26-20-15-5-1-3-12-4-2-6-16(17(12)15)21(27)24(20)9-10-25-22(28)18-13-7-8-14(11-13)19(18)23(25)29/h1-8,13-14,18-19H,9-11H2/t13-,14+,18-,19+. The summed E-state index contributed by atoms with van der Waals surface area (Å²) in [5.41, 5.74) is 0.965. The molecule has 2 aromatic carbocycles. The molecule has 2 aromatic rings. The molecular weight excluding hydrogens is 368 g/mol. The number of benzene rings is 2. The molecule has 4 atom stereocenters. The summed E-state index contributed by atoms with van der Waals surface area (Å²) < 4.78 is 0. The molecule has 2 aliphatic carbocycles. The number of amides is 4. The first-order chi connectivity index (χ1) is 14.1. The molecule has 2 fully saturated rings. The van der Waals surface area contributed by atoms with Crippen molar-refractivity contribution in [2.24, 2.45) is 23.7 Å². The minimum Gasteiger partial charge on any atom is -0.280 e. The Morgan fingerprint density at radius 1 is 0.724 bits per heavy atom. The second-order valence-corrected chi connectivity index (χ2v) is 8.30. The van der Waals surface area contributed by atoms with Crippen molar-refractivity contribution in [3.05, 3.63) is 59.7 Å². The molecule has 2 heterocycles. The van der Waals surface area contributed by atoms with Crippen molar-refractivity contribution in [3.63, 3.8) is 0 Å². The molecule has 0 N–H and O–H groups in total. The van der Waals surface area contributed by atoms with Gasteiger partial charge in [-0.05, 0) is 35.8 Å². The molecule has 2 bridgehead atoms. The van der Waals surface area contributed by atoms with Gasteiger partial charge >= 0.3 is 0 Å². The zero-order chi connectivity index (χ0) is 19.9. The van der Waals surface area contributed by atoms with Crippen molar-refractivity contribution in [2.75, 3.05) is 13.1 Å². The number of likely N-dealkylation sites (tertiary alicyclic amines) is 1. The maximum atomic E-state index is 13.0. The van der Waals surface area contributed by atoms with E-state index >= 15 is 0 Å². The lowest BCUT2D eigenvalue weighted by atomic mass is 9.85. The number of carbonyl (C=O) groups excluding carboxylic acids is 4. The van der Waals surface area contributed by atoms with E-state index in [2.05, 4.69) is 12.2 Å². The Balaban J connectivity index is 1.28. The van der Waals surface area contributed by atoms with Gasteiger partial charge in [0.2, 0.25) is 11.8 Å². The van der Waals surface area contributed by atoms with Crippen LogP contribution in [0.2, 0.25) is 0 Å². The molecule has 0 aromatic heterocycles. The third kappa shape index (κ3) is 2.06. The fourth-order valence-corrected chi connectivity index (χ4v) is 5.67. The van der Waals surface area contributed by atoms with E-state index in [9.17, 15) is 19.2 Å². The van der Waals surface area contributed by atoms with Crippen LogP contribution in [0.1, 0.15) is 27.1 Å². The van der Waals surface area contributed by atoms with Gasteiger partial charge in [-0.3, -0.25) is 29.0 Å². The summed E-state index contributed by atoms with van der Waals surface area (Å²) in [6, 6.07) is 10.8. The van der Waals surface area contributed by atoms with Gasteiger partial charge in [0.25, 0.3) is 11.8 Å². The third-order valence-corrected chi connectivity index (χ3v) is 6.96. The molecule has 0 unspecified atom stereocenters. The smallest absolute Gasteiger partial charge is 0.261 e. The number of allylic oxidation sites excluding steroid dienone is 2. The molecule has 6 nitrogen and oxygen atoms in total. The van der Waals surface area contributed by atoms with E-state index in [1.165, 1.54) is 9.80 Å². The monoisotopic (exact) mass is 386 g/mol. The molecule has 1 saturated carbocycles. The maximum absolute atomic E-state index is 13.0. The number of carbonyl (C=O) groups is 4. The summed E-state index contributed by atoms with van der Waals surface area (Å²) in [4.78, 5) is 54.1. The number of hydrogen-bond acceptors (Lipinski definition) is 4. The molecule has 144 valence electrons. The molecule has 6 rings (SSSR count). The van der Waals surface area contributed by atoms with Crippen molar-refractivity contribution in [1.29, 1.82) is 0 Å². The zero-order valence-electron chi connectivity index (χ0n) is 15.6. The highest BCUT2D eigenvalue weighted by Gasteiger charge is 2.59. The number of rotatable bonds is 3. The Morgan fingerprint density at radius 2 is 1.24 bits per heavy atom. The van der Waals surface area contributed by atoms with E-state index in [1.807, 2.05) is 12.1 Å². The van der Waals surface area contributed by atoms with Gasteiger partial charge in [0.15, 0.2) is 0 Å². The van der Waals surface area contributed by atoms with E-state index in [4.69, 9.17) is 0 Å². The summed E-state index contributed by atoms with van der Waals surface area (Å²) in [7, 11) is 0. The highest BCUT2D eigenvalue weighted by atomic mass is 16.2. The molecule has 4 amide bonds. The van der Waals surface area contributed by atoms with Crippen LogP contribution in [0.5, 0.6) is 0 Å². The average molecular weight is 386 g/mol. The van der Waals surface area contributed by atoms with E-state index in [-0.39, 0.29) is 60.4 Å². The normalized spacial score (nSPS) is 29.5. The van der Waals surface area contributed by atoms with Gasteiger partial charge in [0.05, 0.1) is 11.8 Å². The van der Waals surface area contributed by atoms with Crippen molar-refractivity contribution in [1.82, 2.24) is 9.80 Å². The fraction of sp³-hybridized carbons (Fsp3) is 0.304. The summed E-state index contributed by atoms with van der Waals surface area (Å²) in [5, 5.41) is 1.52. The molecular formula is C23H18N2O4. The molecule has 29 heavy (non-hydrogen) atoms. The van der Waals surface area contributed by atoms with Gasteiger partial charge in [-0.15, -0.1) is 0 Å². The SMILES string of the molecule is O=C1c2cccc3cccc(c23)C(=O)N1CCN1C(=O)[C@@H]2[C@H](C1=O)[C@@H]1C=C[C@H]2C1. The van der Waals surface area contributed by atoms with Crippen LogP contribution in [-0.2, 0) is 9.59 Å². The summed E-state index contributed by atoms with van der Waals surface area (Å²) in [5.74, 6) is -1.30. The van der Waals surface area contributed by atoms with E-state index in [1.54, 1.807) is 24.3 Å². The van der Waals surface area contributed by atoms with E-state index in [0.717, 1.165) is 11.8 Å². The summed E-state index contributed by atoms with van der Waals surface area (Å²) in [6.45, 7) is 0.0712. The summed E-state index contributed by atoms with van der Waals surface area (Å²) in [6.07, 6.45) is 4.98. The number of nitrogens with zero attached hydrogens (tertiary/aromatic N) is 2. The topological polar surface area (TPSA) is 74.8 Å². The van der Waals surface area contributed by atoms with Gasteiger partial charge in [-0.1, -0.05) is 36.4 Å². The van der Waals surface area contributed by atoms with Crippen LogP contribution >= 0.6 is 0 Å². The molecule has 1 saturated heterocycles. The quantitative estimate of drug-likeness (QED) is 0.599. The third-order valence-electron chi connectivity index (χ3n) is 6.96. The van der Waals surface area contributed by atoms with Crippen LogP contribution in [0.15, 0.2) is 48.6 Å². The Bertz CT molecular complexity index is 1090. The molecule has 0 spiro atoms. The number of hydrogen-bond donors (Lipinski definition) is 0. The predicted octanol–water partition coefficient (Wildman–Crippen LogP) is 2.24. The van der Waals surface area contributed by atoms with E-state index < -0.39 is 0 Å². The first-order valence-electron chi connectivity index (χ1n) is 9.98. The molecule has 6 heteroatoms. The van der Waals surface area contributed by atoms with Crippen molar-refractivity contribution in [2.45, 2.75) is 6.42 Å². The minimum atomic E-state index is -0.375. The highest BCUT2D eigenvalue weighted by molar-refractivity contribution is 6.25. The Hall–Kier alpha value is -3.28. The van der Waals surface area contributed by atoms with Crippen LogP contribution < -0.4 is 0 Å². The van der Waals surface area contributed by atoms with Crippen LogP contribution in [-0.4, -0.2) is 46.5 Å². The average Bonchev–Trinajstić information content (AvgIpc) is 3.41. The van der Waals surface area contributed by atoms with Crippen molar-refractivity contribution in [3.8, 4) is 0 Å². The second-order valence-electron chi connectivity index (χ2n) is 8.30. The highest BCUT2D eigenvalue weighted by Crippen LogP contribution is 2.52. The zero-order valence-corrected chi connectivity index (χ0v) is 15.6. The molecule has 4 aliphatic rings. The van der Waals surface area contributed by atoms with Crippen LogP contribution in [0, 0.1) is 23.7 Å². The first kappa shape index (κ1) is 16.7. The largest absolute Gasteiger partial charge is 0.280 e. The molecule has 0 radical (unpaired) electrons. The second kappa shape index (κ2) is 5.63.